The molecule has 9 nitrogen and oxygen atoms in total. The van der Waals surface area contributed by atoms with Crippen LogP contribution < -0.4 is 4.52 Å². The molecule has 0 saturated carbocycles. The van der Waals surface area contributed by atoms with Gasteiger partial charge in [-0.25, -0.2) is 17.8 Å². The van der Waals surface area contributed by atoms with Gasteiger partial charge in [-0.1, -0.05) is 36.1 Å². The van der Waals surface area contributed by atoms with Crippen LogP contribution in [0.3, 0.4) is 0 Å². The smallest absolute Gasteiger partial charge is 0.419 e. The van der Waals surface area contributed by atoms with Gasteiger partial charge < -0.3 is 14.0 Å². The van der Waals surface area contributed by atoms with Crippen LogP contribution in [-0.4, -0.2) is 40.9 Å². The minimum Gasteiger partial charge on any atom is -0.744 e. The third-order valence-electron chi connectivity index (χ3n) is 7.53. The maximum Gasteiger partial charge on any atom is 0.419 e. The highest BCUT2D eigenvalue weighted by Crippen LogP contribution is 2.35. The van der Waals surface area contributed by atoms with Gasteiger partial charge in [0.05, 0.1) is 23.0 Å². The van der Waals surface area contributed by atoms with Crippen LogP contribution in [0, 0.1) is 20.8 Å². The lowest BCUT2D eigenvalue weighted by atomic mass is 9.99. The van der Waals surface area contributed by atoms with Gasteiger partial charge in [-0.3, -0.25) is 0 Å². The summed E-state index contributed by atoms with van der Waals surface area (Å²) in [6.45, 7) is 17.6. The molecule has 3 heterocycles. The normalized spacial score (nSPS) is 13.3. The monoisotopic (exact) mass is 621 g/mol. The Morgan fingerprint density at radius 3 is 2.25 bits per heavy atom. The predicted octanol–water partition coefficient (Wildman–Crippen LogP) is 6.52. The summed E-state index contributed by atoms with van der Waals surface area (Å²) in [5, 5.41) is 5.92. The number of benzene rings is 1. The number of pyridine rings is 1. The summed E-state index contributed by atoms with van der Waals surface area (Å²) in [5.41, 5.74) is 7.46. The summed E-state index contributed by atoms with van der Waals surface area (Å²) in [4.78, 5) is 13.3. The first kappa shape index (κ1) is 33.1. The standard InChI is InChI=1S/C25H32N3O3.C9H12O3S/c1-7-16-14-22-23-19(12-13-27(22)26-20(16)8-2)18-11-10-17(30-9-3)15-21(18)28(23)24(29)31-25(4,5)6;1-6-4-7(2)9(8(3)5-6)13(10,11)12/h12-15H,7-11H2,1-6H3;4-5H,1-3H3,(H,10,11,12)/q+1;/p-1. The van der Waals surface area contributed by atoms with Crippen molar-refractivity contribution < 1.29 is 31.8 Å². The van der Waals surface area contributed by atoms with E-state index in [1.54, 1.807) is 30.5 Å². The zero-order valence-corrected chi connectivity index (χ0v) is 28.0. The van der Waals surface area contributed by atoms with Crippen LogP contribution >= 0.6 is 0 Å². The van der Waals surface area contributed by atoms with Gasteiger partial charge in [-0.15, -0.1) is 0 Å². The number of hydrogen-bond donors (Lipinski definition) is 0. The average molecular weight is 622 g/mol. The zero-order chi connectivity index (χ0) is 32.6. The van der Waals surface area contributed by atoms with E-state index >= 15 is 0 Å². The molecule has 0 spiro atoms. The first-order valence-electron chi connectivity index (χ1n) is 15.1. The fourth-order valence-electron chi connectivity index (χ4n) is 5.94. The second-order valence-electron chi connectivity index (χ2n) is 12.1. The fourth-order valence-corrected chi connectivity index (χ4v) is 6.84. The van der Waals surface area contributed by atoms with Crippen LogP contribution in [0.5, 0.6) is 0 Å². The molecule has 0 amide bonds. The number of aryl methyl sites for hydroxylation is 6. The SMILES string of the molecule is CCOC1=Cc2c(c3cc[n+]4nc(CC)c(CC)cc4c3n2C(=O)OC(C)(C)C)CC1.Cc1cc(C)c(S(=O)(=O)[O-])c(C)c1. The summed E-state index contributed by atoms with van der Waals surface area (Å²) in [5.74, 6) is 0.903. The van der Waals surface area contributed by atoms with E-state index in [1.807, 2.05) is 51.4 Å². The highest BCUT2D eigenvalue weighted by Gasteiger charge is 2.31. The van der Waals surface area contributed by atoms with Crippen molar-refractivity contribution in [3.05, 3.63) is 75.4 Å². The van der Waals surface area contributed by atoms with Gasteiger partial charge in [0.15, 0.2) is 0 Å². The lowest BCUT2D eigenvalue weighted by Gasteiger charge is -2.21. The number of hydrogen-bond acceptors (Lipinski definition) is 7. The van der Waals surface area contributed by atoms with Crippen LogP contribution in [0.25, 0.3) is 22.5 Å². The Bertz CT molecular complexity index is 1860. The molecule has 0 N–H and O–H groups in total. The lowest BCUT2D eigenvalue weighted by Crippen LogP contribution is -2.31. The molecule has 0 saturated heterocycles. The predicted molar refractivity (Wildman–Crippen MR) is 170 cm³/mol. The maximum atomic E-state index is 13.4. The minimum atomic E-state index is -4.33. The molecular weight excluding hydrogens is 578 g/mol. The van der Waals surface area contributed by atoms with Gasteiger partial charge in [0, 0.05) is 35.1 Å². The molecule has 0 bridgehead atoms. The van der Waals surface area contributed by atoms with Crippen molar-refractivity contribution >= 4 is 38.7 Å². The summed E-state index contributed by atoms with van der Waals surface area (Å²) in [6, 6.07) is 7.63. The molecule has 1 aromatic carbocycles. The van der Waals surface area contributed by atoms with Crippen LogP contribution in [0.1, 0.15) is 87.2 Å². The molecule has 0 aliphatic heterocycles. The third-order valence-corrected chi connectivity index (χ3v) is 8.68. The van der Waals surface area contributed by atoms with E-state index < -0.39 is 15.7 Å². The van der Waals surface area contributed by atoms with E-state index in [2.05, 4.69) is 26.0 Å². The highest BCUT2D eigenvalue weighted by molar-refractivity contribution is 7.85. The Balaban J connectivity index is 0.000000285. The van der Waals surface area contributed by atoms with E-state index in [1.165, 1.54) is 5.56 Å². The van der Waals surface area contributed by atoms with Gasteiger partial charge in [0.25, 0.3) is 5.52 Å². The number of carbonyl (C=O) groups excluding carboxylic acids is 1. The third kappa shape index (κ3) is 6.81. The first-order valence-corrected chi connectivity index (χ1v) is 16.5. The topological polar surface area (TPSA) is 115 Å². The Labute approximate surface area is 260 Å². The van der Waals surface area contributed by atoms with E-state index in [4.69, 9.17) is 14.6 Å². The zero-order valence-electron chi connectivity index (χ0n) is 27.2. The van der Waals surface area contributed by atoms with Crippen LogP contribution in [0.4, 0.5) is 4.79 Å². The van der Waals surface area contributed by atoms with Gasteiger partial charge in [0.2, 0.25) is 6.20 Å². The number of rotatable bonds is 5. The molecule has 0 radical (unpaired) electrons. The van der Waals surface area contributed by atoms with Crippen LogP contribution in [0.15, 0.2) is 41.1 Å². The summed E-state index contributed by atoms with van der Waals surface area (Å²) >= 11 is 0. The van der Waals surface area contributed by atoms with Crippen molar-refractivity contribution in [2.24, 2.45) is 0 Å². The van der Waals surface area contributed by atoms with Gasteiger partial charge in [-0.2, -0.15) is 0 Å². The van der Waals surface area contributed by atoms with E-state index in [-0.39, 0.29) is 11.0 Å². The van der Waals surface area contributed by atoms with Crippen molar-refractivity contribution in [2.45, 2.75) is 98.5 Å². The molecular formula is C34H43N3O6S. The van der Waals surface area contributed by atoms with Crippen molar-refractivity contribution in [3.63, 3.8) is 0 Å². The number of allylic oxidation sites excluding steroid dienone is 1. The van der Waals surface area contributed by atoms with Gasteiger partial charge in [0.1, 0.15) is 26.9 Å². The second-order valence-corrected chi connectivity index (χ2v) is 13.5. The molecule has 44 heavy (non-hydrogen) atoms. The first-order chi connectivity index (χ1) is 20.6. The quantitative estimate of drug-likeness (QED) is 0.184. The van der Waals surface area contributed by atoms with Crippen molar-refractivity contribution in [3.8, 4) is 0 Å². The van der Waals surface area contributed by atoms with Crippen molar-refractivity contribution in [1.29, 1.82) is 0 Å². The lowest BCUT2D eigenvalue weighted by molar-refractivity contribution is -0.580. The van der Waals surface area contributed by atoms with Crippen LogP contribution in [-0.2, 0) is 38.9 Å². The largest absolute Gasteiger partial charge is 0.744 e. The Kier molecular flexibility index (Phi) is 9.56. The molecule has 1 aliphatic rings. The number of aromatic nitrogens is 3. The molecule has 10 heteroatoms. The Morgan fingerprint density at radius 2 is 1.70 bits per heavy atom. The molecule has 0 unspecified atom stereocenters. The van der Waals surface area contributed by atoms with Crippen molar-refractivity contribution in [2.75, 3.05) is 6.61 Å². The number of fused-ring (bicyclic) bond motifs is 5. The summed E-state index contributed by atoms with van der Waals surface area (Å²) in [6.07, 6.45) is 7.03. The maximum absolute atomic E-state index is 13.4. The van der Waals surface area contributed by atoms with Crippen molar-refractivity contribution in [1.82, 2.24) is 9.67 Å². The minimum absolute atomic E-state index is 0.0851. The number of nitrogens with zero attached hydrogens (tertiary/aromatic N) is 3. The molecule has 0 fully saturated rings. The highest BCUT2D eigenvalue weighted by atomic mass is 32.2. The molecule has 5 rings (SSSR count). The number of ether oxygens (including phenoxy) is 2. The number of carbonyl (C=O) groups is 1. The second kappa shape index (κ2) is 12.7. The Hall–Kier alpha value is -3.76. The summed E-state index contributed by atoms with van der Waals surface area (Å²) < 4.78 is 47.7. The molecule has 3 aromatic heterocycles. The van der Waals surface area contributed by atoms with Crippen LogP contribution in [0.2, 0.25) is 0 Å². The average Bonchev–Trinajstić information content (AvgIpc) is 3.24. The molecule has 0 atom stereocenters. The van der Waals surface area contributed by atoms with Gasteiger partial charge >= 0.3 is 6.09 Å². The summed E-state index contributed by atoms with van der Waals surface area (Å²) in [7, 11) is -4.33. The fraction of sp³-hybridized carbons (Fsp3) is 0.441. The molecule has 236 valence electrons. The van der Waals surface area contributed by atoms with E-state index in [0.717, 1.165) is 70.4 Å². The molecule has 4 aromatic rings. The van der Waals surface area contributed by atoms with E-state index in [9.17, 15) is 17.8 Å². The molecule has 1 aliphatic carbocycles. The van der Waals surface area contributed by atoms with E-state index in [0.29, 0.717) is 17.7 Å². The van der Waals surface area contributed by atoms with Gasteiger partial charge in [-0.05, 0) is 90.0 Å². The Morgan fingerprint density at radius 1 is 1.05 bits per heavy atom.